The van der Waals surface area contributed by atoms with E-state index >= 15 is 0 Å². The molecule has 3 heteroatoms. The Morgan fingerprint density at radius 2 is 1.39 bits per heavy atom. The Labute approximate surface area is 104 Å². The van der Waals surface area contributed by atoms with Crippen LogP contribution in [0.1, 0.15) is 17.6 Å². The van der Waals surface area contributed by atoms with Gasteiger partial charge in [-0.2, -0.15) is 5.26 Å². The fourth-order valence-corrected chi connectivity index (χ4v) is 1.73. The van der Waals surface area contributed by atoms with Gasteiger partial charge in [-0.3, -0.25) is 0 Å². The summed E-state index contributed by atoms with van der Waals surface area (Å²) in [5.41, 5.74) is 2.82. The Kier molecular flexibility index (Phi) is 3.69. The largest absolute Gasteiger partial charge is 0.263 e. The Balaban J connectivity index is 2.23. The molecule has 2 aromatic carbocycles. The number of nitrogens with zero attached hydrogens (tertiary/aromatic N) is 1. The van der Waals surface area contributed by atoms with Crippen molar-refractivity contribution in [2.45, 2.75) is 12.8 Å². The van der Waals surface area contributed by atoms with Crippen LogP contribution in [0.5, 0.6) is 0 Å². The van der Waals surface area contributed by atoms with E-state index in [2.05, 4.69) is 6.07 Å². The van der Waals surface area contributed by atoms with Crippen molar-refractivity contribution in [3.63, 3.8) is 0 Å². The first-order valence-corrected chi connectivity index (χ1v) is 5.55. The zero-order valence-corrected chi connectivity index (χ0v) is 9.61. The summed E-state index contributed by atoms with van der Waals surface area (Å²) in [7, 11) is 0. The average molecular weight is 243 g/mol. The van der Waals surface area contributed by atoms with E-state index in [0.717, 1.165) is 16.7 Å². The molecule has 0 N–H and O–H groups in total. The third kappa shape index (κ3) is 2.72. The maximum atomic E-state index is 12.4. The Bertz CT molecular complexity index is 551. The van der Waals surface area contributed by atoms with Crippen molar-refractivity contribution in [3.8, 4) is 17.2 Å². The second kappa shape index (κ2) is 5.42. The summed E-state index contributed by atoms with van der Waals surface area (Å²) in [5, 5.41) is 8.57. The highest BCUT2D eigenvalue weighted by Crippen LogP contribution is 2.24. The first kappa shape index (κ1) is 12.3. The molecule has 0 atom stereocenters. The summed E-state index contributed by atoms with van der Waals surface area (Å²) in [4.78, 5) is 0. The number of nitriles is 1. The van der Waals surface area contributed by atoms with Crippen molar-refractivity contribution in [3.05, 3.63) is 59.7 Å². The average Bonchev–Trinajstić information content (AvgIpc) is 2.40. The van der Waals surface area contributed by atoms with E-state index in [1.165, 1.54) is 12.1 Å². The predicted molar refractivity (Wildman–Crippen MR) is 66.2 cm³/mol. The van der Waals surface area contributed by atoms with E-state index in [4.69, 9.17) is 5.26 Å². The standard InChI is InChI=1S/C15H11F2N/c16-15(17)14-7-5-13(6-8-14)12-3-1-11(2-4-12)9-10-18/h1-8,15H,9H2. The molecule has 0 aliphatic heterocycles. The summed E-state index contributed by atoms with van der Waals surface area (Å²) in [6, 6.07) is 15.8. The van der Waals surface area contributed by atoms with Gasteiger partial charge in [0.05, 0.1) is 12.5 Å². The number of halogens is 2. The summed E-state index contributed by atoms with van der Waals surface area (Å²) in [6.45, 7) is 0. The zero-order valence-electron chi connectivity index (χ0n) is 9.61. The van der Waals surface area contributed by atoms with Crippen LogP contribution in [-0.4, -0.2) is 0 Å². The predicted octanol–water partition coefficient (Wildman–Crippen LogP) is 4.36. The van der Waals surface area contributed by atoms with Crippen molar-refractivity contribution in [1.29, 1.82) is 5.26 Å². The number of alkyl halides is 2. The maximum absolute atomic E-state index is 12.4. The van der Waals surface area contributed by atoms with Gasteiger partial charge in [-0.1, -0.05) is 48.5 Å². The molecule has 0 fully saturated rings. The molecule has 18 heavy (non-hydrogen) atoms. The lowest BCUT2D eigenvalue weighted by molar-refractivity contribution is 0.151. The second-order valence-corrected chi connectivity index (χ2v) is 3.95. The molecule has 1 nitrogen and oxygen atoms in total. The van der Waals surface area contributed by atoms with Crippen molar-refractivity contribution in [2.24, 2.45) is 0 Å². The summed E-state index contributed by atoms with van der Waals surface area (Å²) in [6.07, 6.45) is -2.05. The number of benzene rings is 2. The third-order valence-corrected chi connectivity index (χ3v) is 2.73. The van der Waals surface area contributed by atoms with E-state index in [0.29, 0.717) is 6.42 Å². The van der Waals surface area contributed by atoms with E-state index < -0.39 is 6.43 Å². The zero-order chi connectivity index (χ0) is 13.0. The third-order valence-electron chi connectivity index (χ3n) is 2.73. The van der Waals surface area contributed by atoms with E-state index in [9.17, 15) is 8.78 Å². The molecule has 0 aromatic heterocycles. The van der Waals surface area contributed by atoms with Gasteiger partial charge >= 0.3 is 0 Å². The quantitative estimate of drug-likeness (QED) is 0.785. The van der Waals surface area contributed by atoms with Crippen molar-refractivity contribution in [2.75, 3.05) is 0 Å². The van der Waals surface area contributed by atoms with Gasteiger partial charge in [0, 0.05) is 5.56 Å². The van der Waals surface area contributed by atoms with Gasteiger partial charge in [-0.05, 0) is 16.7 Å². The highest BCUT2D eigenvalue weighted by atomic mass is 19.3. The Morgan fingerprint density at radius 3 is 1.83 bits per heavy atom. The summed E-state index contributed by atoms with van der Waals surface area (Å²) in [5.74, 6) is 0. The van der Waals surface area contributed by atoms with Gasteiger partial charge in [0.15, 0.2) is 0 Å². The monoisotopic (exact) mass is 243 g/mol. The Morgan fingerprint density at radius 1 is 0.889 bits per heavy atom. The van der Waals surface area contributed by atoms with Gasteiger partial charge < -0.3 is 0 Å². The molecule has 0 saturated heterocycles. The van der Waals surface area contributed by atoms with E-state index in [1.54, 1.807) is 12.1 Å². The van der Waals surface area contributed by atoms with Crippen LogP contribution >= 0.6 is 0 Å². The molecule has 0 radical (unpaired) electrons. The smallest absolute Gasteiger partial charge is 0.205 e. The second-order valence-electron chi connectivity index (χ2n) is 3.95. The number of rotatable bonds is 3. The maximum Gasteiger partial charge on any atom is 0.263 e. The van der Waals surface area contributed by atoms with E-state index in [1.807, 2.05) is 24.3 Å². The van der Waals surface area contributed by atoms with Crippen LogP contribution in [0.2, 0.25) is 0 Å². The lowest BCUT2D eigenvalue weighted by atomic mass is 10.0. The molecule has 0 aliphatic rings. The first-order chi connectivity index (χ1) is 8.70. The SMILES string of the molecule is N#CCc1ccc(-c2ccc(C(F)F)cc2)cc1. The van der Waals surface area contributed by atoms with Crippen molar-refractivity contribution in [1.82, 2.24) is 0 Å². The van der Waals surface area contributed by atoms with Gasteiger partial charge in [0.25, 0.3) is 6.43 Å². The number of hydrogen-bond donors (Lipinski definition) is 0. The van der Waals surface area contributed by atoms with E-state index in [-0.39, 0.29) is 5.56 Å². The van der Waals surface area contributed by atoms with Gasteiger partial charge in [-0.15, -0.1) is 0 Å². The summed E-state index contributed by atoms with van der Waals surface area (Å²) >= 11 is 0. The minimum atomic E-state index is -2.43. The fraction of sp³-hybridized carbons (Fsp3) is 0.133. The molecule has 0 unspecified atom stereocenters. The minimum absolute atomic E-state index is 0.0276. The molecule has 0 amide bonds. The summed E-state index contributed by atoms with van der Waals surface area (Å²) < 4.78 is 24.8. The fourth-order valence-electron chi connectivity index (χ4n) is 1.73. The molecule has 0 bridgehead atoms. The normalized spacial score (nSPS) is 10.3. The molecular weight excluding hydrogens is 232 g/mol. The van der Waals surface area contributed by atoms with Crippen LogP contribution in [-0.2, 0) is 6.42 Å². The molecule has 0 spiro atoms. The van der Waals surface area contributed by atoms with Crippen LogP contribution in [0.4, 0.5) is 8.78 Å². The lowest BCUT2D eigenvalue weighted by Crippen LogP contribution is -1.85. The molecule has 2 aromatic rings. The number of hydrogen-bond acceptors (Lipinski definition) is 1. The molecule has 2 rings (SSSR count). The van der Waals surface area contributed by atoms with Crippen molar-refractivity contribution < 1.29 is 8.78 Å². The Hall–Kier alpha value is -2.21. The topological polar surface area (TPSA) is 23.8 Å². The van der Waals surface area contributed by atoms with Crippen LogP contribution in [0.15, 0.2) is 48.5 Å². The highest BCUT2D eigenvalue weighted by molar-refractivity contribution is 5.64. The molecule has 0 saturated carbocycles. The van der Waals surface area contributed by atoms with Crippen LogP contribution < -0.4 is 0 Å². The molecular formula is C15H11F2N. The minimum Gasteiger partial charge on any atom is -0.205 e. The van der Waals surface area contributed by atoms with Crippen LogP contribution in [0.3, 0.4) is 0 Å². The van der Waals surface area contributed by atoms with Crippen LogP contribution in [0, 0.1) is 11.3 Å². The molecule has 0 heterocycles. The highest BCUT2D eigenvalue weighted by Gasteiger charge is 2.06. The van der Waals surface area contributed by atoms with Gasteiger partial charge in [0.2, 0.25) is 0 Å². The van der Waals surface area contributed by atoms with Crippen LogP contribution in [0.25, 0.3) is 11.1 Å². The molecule has 0 aliphatic carbocycles. The first-order valence-electron chi connectivity index (χ1n) is 5.55. The van der Waals surface area contributed by atoms with Gasteiger partial charge in [0.1, 0.15) is 0 Å². The van der Waals surface area contributed by atoms with Gasteiger partial charge in [-0.25, -0.2) is 8.78 Å². The lowest BCUT2D eigenvalue weighted by Gasteiger charge is -2.04. The molecule has 90 valence electrons. The van der Waals surface area contributed by atoms with Crippen molar-refractivity contribution >= 4 is 0 Å².